The number of carboxylic acid groups (broad SMARTS) is 1. The van der Waals surface area contributed by atoms with Crippen molar-refractivity contribution in [3.05, 3.63) is 0 Å². The molecule has 11 heavy (non-hydrogen) atoms. The molecule has 4 nitrogen and oxygen atoms in total. The molecule has 1 amide bonds. The molecule has 5 heteroatoms. The summed E-state index contributed by atoms with van der Waals surface area (Å²) >= 11 is 5.35. The highest BCUT2D eigenvalue weighted by Gasteiger charge is 2.32. The van der Waals surface area contributed by atoms with Gasteiger partial charge in [-0.25, -0.2) is 4.79 Å². The van der Waals surface area contributed by atoms with Gasteiger partial charge in [-0.05, 0) is 6.92 Å². The van der Waals surface area contributed by atoms with Crippen molar-refractivity contribution < 1.29 is 14.7 Å². The van der Waals surface area contributed by atoms with Crippen LogP contribution >= 0.6 is 11.6 Å². The second-order valence-corrected chi connectivity index (χ2v) is 2.72. The van der Waals surface area contributed by atoms with E-state index in [1.165, 1.54) is 13.8 Å². The minimum atomic E-state index is -1.35. The van der Waals surface area contributed by atoms with E-state index in [1.54, 1.807) is 0 Å². The molecule has 0 aliphatic heterocycles. The quantitative estimate of drug-likeness (QED) is 0.609. The van der Waals surface area contributed by atoms with Crippen LogP contribution in [0, 0.1) is 0 Å². The van der Waals surface area contributed by atoms with Crippen LogP contribution in [0.1, 0.15) is 13.8 Å². The molecule has 0 aliphatic rings. The Hall–Kier alpha value is -0.770. The Morgan fingerprint density at radius 3 is 2.18 bits per heavy atom. The van der Waals surface area contributed by atoms with E-state index in [4.69, 9.17) is 16.7 Å². The summed E-state index contributed by atoms with van der Waals surface area (Å²) < 4.78 is 0. The number of carbonyl (C=O) groups excluding carboxylic acids is 1. The molecule has 0 aromatic carbocycles. The Morgan fingerprint density at radius 1 is 1.64 bits per heavy atom. The molecule has 2 N–H and O–H groups in total. The van der Waals surface area contributed by atoms with E-state index in [1.807, 2.05) is 0 Å². The average molecular weight is 180 g/mol. The number of carbonyl (C=O) groups is 2. The molecular formula is C6H10ClNO3. The summed E-state index contributed by atoms with van der Waals surface area (Å²) in [6, 6.07) is 0. The van der Waals surface area contributed by atoms with E-state index in [-0.39, 0.29) is 5.88 Å². The Bertz CT molecular complexity index is 183. The van der Waals surface area contributed by atoms with Gasteiger partial charge >= 0.3 is 5.97 Å². The van der Waals surface area contributed by atoms with Crippen LogP contribution in [-0.2, 0) is 9.59 Å². The Kier molecular flexibility index (Phi) is 3.32. The fraction of sp³-hybridized carbons (Fsp3) is 0.667. The van der Waals surface area contributed by atoms with Crippen LogP contribution in [0.4, 0.5) is 0 Å². The number of amides is 1. The third-order valence-corrected chi connectivity index (χ3v) is 1.73. The number of carboxylic acids is 1. The summed E-state index contributed by atoms with van der Waals surface area (Å²) in [7, 11) is 0. The molecular weight excluding hydrogens is 170 g/mol. The molecule has 64 valence electrons. The van der Waals surface area contributed by atoms with Crippen LogP contribution in [0.2, 0.25) is 0 Å². The zero-order valence-corrected chi connectivity index (χ0v) is 7.10. The molecule has 0 spiro atoms. The standard InChI is InChI=1S/C6H10ClNO3/c1-4(9)8-6(2,3-7)5(10)11/h3H2,1-2H3,(H,8,9)(H,10,11). The number of alkyl halides is 1. The number of halogens is 1. The molecule has 0 heterocycles. The highest BCUT2D eigenvalue weighted by atomic mass is 35.5. The second kappa shape index (κ2) is 3.57. The molecule has 0 saturated carbocycles. The smallest absolute Gasteiger partial charge is 0.330 e. The van der Waals surface area contributed by atoms with Gasteiger partial charge in [0.1, 0.15) is 5.54 Å². The maximum atomic E-state index is 10.5. The Labute approximate surface area is 69.5 Å². The first-order chi connectivity index (χ1) is 4.92. The topological polar surface area (TPSA) is 66.4 Å². The highest BCUT2D eigenvalue weighted by molar-refractivity contribution is 6.20. The van der Waals surface area contributed by atoms with Gasteiger partial charge in [0, 0.05) is 6.92 Å². The summed E-state index contributed by atoms with van der Waals surface area (Å²) in [5.41, 5.74) is -1.35. The van der Waals surface area contributed by atoms with E-state index in [0.717, 1.165) is 0 Å². The van der Waals surface area contributed by atoms with Crippen LogP contribution in [0.15, 0.2) is 0 Å². The predicted molar refractivity (Wildman–Crippen MR) is 40.6 cm³/mol. The molecule has 0 radical (unpaired) electrons. The number of hydrogen-bond donors (Lipinski definition) is 2. The van der Waals surface area contributed by atoms with Crippen LogP contribution in [0.3, 0.4) is 0 Å². The first-order valence-electron chi connectivity index (χ1n) is 3.00. The molecule has 0 aromatic rings. The van der Waals surface area contributed by atoms with Crippen molar-refractivity contribution in [3.8, 4) is 0 Å². The zero-order valence-electron chi connectivity index (χ0n) is 6.35. The van der Waals surface area contributed by atoms with Gasteiger partial charge in [-0.15, -0.1) is 11.6 Å². The molecule has 0 aliphatic carbocycles. The molecule has 0 rings (SSSR count). The maximum absolute atomic E-state index is 10.5. The highest BCUT2D eigenvalue weighted by Crippen LogP contribution is 2.05. The molecule has 1 atom stereocenters. The third kappa shape index (κ3) is 2.76. The third-order valence-electron chi connectivity index (χ3n) is 1.19. The van der Waals surface area contributed by atoms with E-state index in [2.05, 4.69) is 5.32 Å². The van der Waals surface area contributed by atoms with Crippen molar-refractivity contribution in [1.29, 1.82) is 0 Å². The lowest BCUT2D eigenvalue weighted by Crippen LogP contribution is -2.53. The lowest BCUT2D eigenvalue weighted by atomic mass is 10.1. The molecule has 0 fully saturated rings. The number of hydrogen-bond acceptors (Lipinski definition) is 2. The first kappa shape index (κ1) is 10.2. The van der Waals surface area contributed by atoms with Crippen molar-refractivity contribution in [1.82, 2.24) is 5.32 Å². The van der Waals surface area contributed by atoms with Gasteiger partial charge in [0.15, 0.2) is 0 Å². The molecule has 1 unspecified atom stereocenters. The minimum Gasteiger partial charge on any atom is -0.479 e. The van der Waals surface area contributed by atoms with Gasteiger partial charge in [0.25, 0.3) is 0 Å². The van der Waals surface area contributed by atoms with Crippen LogP contribution in [0.5, 0.6) is 0 Å². The van der Waals surface area contributed by atoms with Crippen molar-refractivity contribution in [2.45, 2.75) is 19.4 Å². The zero-order chi connectivity index (χ0) is 9.07. The second-order valence-electron chi connectivity index (χ2n) is 2.45. The summed E-state index contributed by atoms with van der Waals surface area (Å²) in [5.74, 6) is -1.69. The fourth-order valence-electron chi connectivity index (χ4n) is 0.533. The first-order valence-corrected chi connectivity index (χ1v) is 3.54. The molecule has 0 aromatic heterocycles. The SMILES string of the molecule is CC(=O)NC(C)(CCl)C(=O)O. The van der Waals surface area contributed by atoms with Gasteiger partial charge in [-0.2, -0.15) is 0 Å². The predicted octanol–water partition coefficient (Wildman–Crippen LogP) is 0.205. The van der Waals surface area contributed by atoms with Crippen LogP contribution < -0.4 is 5.32 Å². The van der Waals surface area contributed by atoms with E-state index >= 15 is 0 Å². The largest absolute Gasteiger partial charge is 0.479 e. The van der Waals surface area contributed by atoms with Gasteiger partial charge in [0.2, 0.25) is 5.91 Å². The van der Waals surface area contributed by atoms with Gasteiger partial charge in [-0.1, -0.05) is 0 Å². The fourth-order valence-corrected chi connectivity index (χ4v) is 0.714. The van der Waals surface area contributed by atoms with Crippen LogP contribution in [-0.4, -0.2) is 28.4 Å². The van der Waals surface area contributed by atoms with E-state index in [0.29, 0.717) is 0 Å². The summed E-state index contributed by atoms with van der Waals surface area (Å²) in [4.78, 5) is 21.0. The van der Waals surface area contributed by atoms with Crippen molar-refractivity contribution in [2.75, 3.05) is 5.88 Å². The van der Waals surface area contributed by atoms with E-state index in [9.17, 15) is 9.59 Å². The Morgan fingerprint density at radius 2 is 2.09 bits per heavy atom. The minimum absolute atomic E-state index is 0.151. The van der Waals surface area contributed by atoms with Gasteiger partial charge in [-0.3, -0.25) is 4.79 Å². The number of aliphatic carboxylic acids is 1. The normalized spacial score (nSPS) is 15.2. The van der Waals surface area contributed by atoms with Crippen molar-refractivity contribution in [3.63, 3.8) is 0 Å². The van der Waals surface area contributed by atoms with E-state index < -0.39 is 17.4 Å². The van der Waals surface area contributed by atoms with Crippen molar-refractivity contribution in [2.24, 2.45) is 0 Å². The number of rotatable bonds is 3. The lowest BCUT2D eigenvalue weighted by molar-refractivity contribution is -0.145. The lowest BCUT2D eigenvalue weighted by Gasteiger charge is -2.22. The molecule has 0 bridgehead atoms. The summed E-state index contributed by atoms with van der Waals surface area (Å²) in [5, 5.41) is 10.8. The maximum Gasteiger partial charge on any atom is 0.330 e. The Balaban J connectivity index is 4.34. The monoisotopic (exact) mass is 179 g/mol. The summed E-state index contributed by atoms with van der Waals surface area (Å²) in [6.45, 7) is 2.59. The van der Waals surface area contributed by atoms with Crippen molar-refractivity contribution >= 4 is 23.5 Å². The number of nitrogens with one attached hydrogen (secondary N) is 1. The van der Waals surface area contributed by atoms with Gasteiger partial charge in [0.05, 0.1) is 5.88 Å². The molecule has 0 saturated heterocycles. The van der Waals surface area contributed by atoms with Crippen LogP contribution in [0.25, 0.3) is 0 Å². The van der Waals surface area contributed by atoms with Gasteiger partial charge < -0.3 is 10.4 Å². The average Bonchev–Trinajstić information content (AvgIpc) is 1.86. The summed E-state index contributed by atoms with van der Waals surface area (Å²) in [6.07, 6.45) is 0.